The van der Waals surface area contributed by atoms with Gasteiger partial charge in [-0.1, -0.05) is 23.9 Å². The predicted molar refractivity (Wildman–Crippen MR) is 86.4 cm³/mol. The van der Waals surface area contributed by atoms with Crippen molar-refractivity contribution in [2.24, 2.45) is 0 Å². The molecular formula is C16H10F6N4S. The number of nitrogens with zero attached hydrogens (tertiary/aromatic N) is 4. The van der Waals surface area contributed by atoms with Gasteiger partial charge in [-0.2, -0.15) is 31.4 Å². The quantitative estimate of drug-likeness (QED) is 0.347. The molecular weight excluding hydrogens is 394 g/mol. The van der Waals surface area contributed by atoms with E-state index in [1.807, 2.05) is 0 Å². The Balaban J connectivity index is 2.21. The van der Waals surface area contributed by atoms with Crippen molar-refractivity contribution >= 4 is 11.8 Å². The van der Waals surface area contributed by atoms with Crippen LogP contribution in [-0.2, 0) is 12.4 Å². The molecule has 27 heavy (non-hydrogen) atoms. The highest BCUT2D eigenvalue weighted by Gasteiger charge is 2.36. The van der Waals surface area contributed by atoms with Crippen LogP contribution in [0.15, 0.2) is 47.8 Å². The number of hydrogen-bond donors (Lipinski definition) is 0. The molecule has 0 unspecified atom stereocenters. The van der Waals surface area contributed by atoms with E-state index in [2.05, 4.69) is 15.1 Å². The van der Waals surface area contributed by atoms with Crippen molar-refractivity contribution in [3.63, 3.8) is 0 Å². The van der Waals surface area contributed by atoms with E-state index >= 15 is 0 Å². The van der Waals surface area contributed by atoms with Gasteiger partial charge in [0.1, 0.15) is 0 Å². The van der Waals surface area contributed by atoms with Crippen molar-refractivity contribution in [3.8, 4) is 17.1 Å². The lowest BCUT2D eigenvalue weighted by molar-refractivity contribution is -0.141. The summed E-state index contributed by atoms with van der Waals surface area (Å²) in [6, 6.07) is 6.02. The van der Waals surface area contributed by atoms with Crippen LogP contribution in [-0.4, -0.2) is 26.0 Å². The predicted octanol–water partition coefficient (Wildman–Crippen LogP) is 5.09. The summed E-state index contributed by atoms with van der Waals surface area (Å²) >= 11 is 1.16. The van der Waals surface area contributed by atoms with Gasteiger partial charge in [0.2, 0.25) is 0 Å². The second-order valence-corrected chi connectivity index (χ2v) is 6.08. The molecule has 0 fully saturated rings. The Morgan fingerprint density at radius 2 is 1.70 bits per heavy atom. The van der Waals surface area contributed by atoms with Crippen molar-refractivity contribution in [1.82, 2.24) is 19.7 Å². The summed E-state index contributed by atoms with van der Waals surface area (Å²) < 4.78 is 79.2. The van der Waals surface area contributed by atoms with Crippen LogP contribution in [0.4, 0.5) is 26.3 Å². The average Bonchev–Trinajstić information content (AvgIpc) is 3.07. The molecule has 142 valence electrons. The van der Waals surface area contributed by atoms with Gasteiger partial charge in [-0.3, -0.25) is 0 Å². The first-order chi connectivity index (χ1) is 12.6. The van der Waals surface area contributed by atoms with Crippen LogP contribution in [0.1, 0.15) is 11.3 Å². The third-order valence-electron chi connectivity index (χ3n) is 3.50. The van der Waals surface area contributed by atoms with Crippen molar-refractivity contribution in [2.45, 2.75) is 17.5 Å². The van der Waals surface area contributed by atoms with E-state index in [1.165, 1.54) is 18.3 Å². The molecule has 2 aromatic heterocycles. The number of thioether (sulfide) groups is 1. The topological polar surface area (TPSA) is 43.6 Å². The van der Waals surface area contributed by atoms with Gasteiger partial charge in [0.05, 0.1) is 11.3 Å². The number of rotatable bonds is 3. The second-order valence-electron chi connectivity index (χ2n) is 5.30. The third-order valence-corrected chi connectivity index (χ3v) is 4.07. The molecule has 11 heteroatoms. The van der Waals surface area contributed by atoms with Crippen LogP contribution in [0.5, 0.6) is 0 Å². The third kappa shape index (κ3) is 4.07. The lowest BCUT2D eigenvalue weighted by Crippen LogP contribution is -2.09. The Bertz CT molecular complexity index is 964. The van der Waals surface area contributed by atoms with Crippen molar-refractivity contribution in [3.05, 3.63) is 53.9 Å². The van der Waals surface area contributed by atoms with Crippen LogP contribution in [0, 0.1) is 0 Å². The molecule has 4 nitrogen and oxygen atoms in total. The molecule has 2 heterocycles. The molecule has 0 N–H and O–H groups in total. The maximum Gasteiger partial charge on any atom is 0.435 e. The van der Waals surface area contributed by atoms with Gasteiger partial charge in [-0.15, -0.1) is 0 Å². The summed E-state index contributed by atoms with van der Waals surface area (Å²) in [4.78, 5) is 8.00. The lowest BCUT2D eigenvalue weighted by Gasteiger charge is -2.10. The smallest absolute Gasteiger partial charge is 0.231 e. The minimum atomic E-state index is -4.77. The first-order valence-corrected chi connectivity index (χ1v) is 8.54. The first kappa shape index (κ1) is 19.2. The number of benzene rings is 1. The molecule has 0 aliphatic heterocycles. The van der Waals surface area contributed by atoms with E-state index in [-0.39, 0.29) is 22.2 Å². The van der Waals surface area contributed by atoms with E-state index in [9.17, 15) is 26.3 Å². The molecule has 0 atom stereocenters. The number of aromatic nitrogens is 4. The van der Waals surface area contributed by atoms with Crippen LogP contribution < -0.4 is 0 Å². The summed E-state index contributed by atoms with van der Waals surface area (Å²) in [5.74, 6) is 0.0114. The zero-order valence-electron chi connectivity index (χ0n) is 13.5. The Labute approximate surface area is 153 Å². The Kier molecular flexibility index (Phi) is 4.89. The number of hydrogen-bond acceptors (Lipinski definition) is 4. The Morgan fingerprint density at radius 3 is 2.33 bits per heavy atom. The fourth-order valence-electron chi connectivity index (χ4n) is 2.30. The fourth-order valence-corrected chi connectivity index (χ4v) is 2.65. The maximum atomic E-state index is 13.1. The van der Waals surface area contributed by atoms with Gasteiger partial charge in [-0.25, -0.2) is 14.6 Å². The second kappa shape index (κ2) is 6.87. The van der Waals surface area contributed by atoms with Crippen molar-refractivity contribution in [2.75, 3.05) is 6.26 Å². The van der Waals surface area contributed by atoms with Gasteiger partial charge in [-0.05, 0) is 24.5 Å². The molecule has 0 amide bonds. The van der Waals surface area contributed by atoms with E-state index in [1.54, 1.807) is 6.26 Å². The highest BCUT2D eigenvalue weighted by molar-refractivity contribution is 7.98. The zero-order chi connectivity index (χ0) is 19.8. The largest absolute Gasteiger partial charge is 0.435 e. The summed E-state index contributed by atoms with van der Waals surface area (Å²) in [5, 5.41) is 3.79. The highest BCUT2D eigenvalue weighted by atomic mass is 32.2. The summed E-state index contributed by atoms with van der Waals surface area (Å²) in [7, 11) is 0. The normalized spacial score (nSPS) is 12.4. The standard InChI is InChI=1S/C16H10F6N4S/c1-27-14-23-6-5-13(24-14)26-11(8-12(25-26)16(20,21)22)9-3-2-4-10(7-9)15(17,18)19/h2-8H,1H3. The molecule has 3 rings (SSSR count). The molecule has 0 spiro atoms. The molecule has 3 aromatic rings. The average molecular weight is 404 g/mol. The number of halogens is 6. The van der Waals surface area contributed by atoms with Crippen molar-refractivity contribution < 1.29 is 26.3 Å². The monoisotopic (exact) mass is 404 g/mol. The molecule has 0 saturated carbocycles. The Hall–Kier alpha value is -2.56. The molecule has 0 saturated heterocycles. The van der Waals surface area contributed by atoms with Gasteiger partial charge in [0.15, 0.2) is 16.7 Å². The SMILES string of the molecule is CSc1nccc(-n2nc(C(F)(F)F)cc2-c2cccc(C(F)(F)F)c2)n1. The van der Waals surface area contributed by atoms with Crippen LogP contribution >= 0.6 is 11.8 Å². The summed E-state index contributed by atoms with van der Waals surface area (Å²) in [6.45, 7) is 0. The number of alkyl halides is 6. The fraction of sp³-hybridized carbons (Fsp3) is 0.188. The van der Waals surface area contributed by atoms with Gasteiger partial charge in [0.25, 0.3) is 0 Å². The van der Waals surface area contributed by atoms with E-state index in [4.69, 9.17) is 0 Å². The summed E-state index contributed by atoms with van der Waals surface area (Å²) in [6.07, 6.45) is -6.39. The van der Waals surface area contributed by atoms with Crippen LogP contribution in [0.2, 0.25) is 0 Å². The van der Waals surface area contributed by atoms with E-state index in [0.29, 0.717) is 6.07 Å². The van der Waals surface area contributed by atoms with Crippen LogP contribution in [0.25, 0.3) is 17.1 Å². The lowest BCUT2D eigenvalue weighted by atomic mass is 10.1. The minimum absolute atomic E-state index is 0.0114. The molecule has 1 aromatic carbocycles. The first-order valence-electron chi connectivity index (χ1n) is 7.32. The molecule has 0 aliphatic rings. The van der Waals surface area contributed by atoms with Gasteiger partial charge < -0.3 is 0 Å². The Morgan fingerprint density at radius 1 is 0.963 bits per heavy atom. The highest BCUT2D eigenvalue weighted by Crippen LogP contribution is 2.35. The van der Waals surface area contributed by atoms with E-state index in [0.717, 1.165) is 34.6 Å². The summed E-state index contributed by atoms with van der Waals surface area (Å²) in [5.41, 5.74) is -2.45. The zero-order valence-corrected chi connectivity index (χ0v) is 14.3. The maximum absolute atomic E-state index is 13.1. The molecule has 0 aliphatic carbocycles. The van der Waals surface area contributed by atoms with Crippen LogP contribution in [0.3, 0.4) is 0 Å². The van der Waals surface area contributed by atoms with Gasteiger partial charge >= 0.3 is 12.4 Å². The van der Waals surface area contributed by atoms with Gasteiger partial charge in [0, 0.05) is 17.8 Å². The molecule has 0 bridgehead atoms. The molecule has 0 radical (unpaired) electrons. The van der Waals surface area contributed by atoms with Crippen molar-refractivity contribution in [1.29, 1.82) is 0 Å². The van der Waals surface area contributed by atoms with E-state index < -0.39 is 23.6 Å². The minimum Gasteiger partial charge on any atom is -0.231 e.